The van der Waals surface area contributed by atoms with Crippen molar-refractivity contribution in [3.63, 3.8) is 0 Å². The minimum atomic E-state index is 0.376. The standard InChI is InChI=1S/C32H25NS/c1-2-12-21-20(10-1)11-9-18-26(21)33-27-17-7-5-15-24(27)29-22-13-3-4-14-23(22)30-25-16-6-8-19-28(25)34-32(30)31(29)33/h1-4,6-14,16-21,25,28H,5,15H2. The fraction of sp³-hybridized carbons (Fsp3) is 0.188. The van der Waals surface area contributed by atoms with E-state index >= 15 is 0 Å². The molecule has 0 bridgehead atoms. The number of benzene rings is 2. The lowest BCUT2D eigenvalue weighted by Crippen LogP contribution is -2.19. The Kier molecular flexibility index (Phi) is 4.01. The maximum absolute atomic E-state index is 2.65. The number of hydrogen-bond donors (Lipinski definition) is 0. The van der Waals surface area contributed by atoms with Gasteiger partial charge in [0.2, 0.25) is 0 Å². The molecule has 4 atom stereocenters. The van der Waals surface area contributed by atoms with Crippen LogP contribution in [0.1, 0.15) is 29.2 Å². The first-order valence-electron chi connectivity index (χ1n) is 12.4. The Morgan fingerprint density at radius 2 is 1.62 bits per heavy atom. The predicted octanol–water partition coefficient (Wildman–Crippen LogP) is 8.21. The summed E-state index contributed by atoms with van der Waals surface area (Å²) in [6, 6.07) is 9.16. The first-order chi connectivity index (χ1) is 16.9. The second-order valence-corrected chi connectivity index (χ2v) is 11.1. The second-order valence-electron chi connectivity index (χ2n) is 9.88. The lowest BCUT2D eigenvalue weighted by Gasteiger charge is -2.29. The molecular formula is C32H25NS. The summed E-state index contributed by atoms with van der Waals surface area (Å²) in [5.41, 5.74) is 7.30. The number of thioether (sulfide) groups is 1. The molecule has 0 saturated heterocycles. The normalized spacial score (nSPS) is 27.7. The summed E-state index contributed by atoms with van der Waals surface area (Å²) in [6.45, 7) is 0. The molecular weight excluding hydrogens is 430 g/mol. The number of aromatic nitrogens is 1. The Balaban J connectivity index is 1.53. The van der Waals surface area contributed by atoms with Crippen LogP contribution in [0.15, 0.2) is 102 Å². The van der Waals surface area contributed by atoms with Crippen molar-refractivity contribution in [1.82, 2.24) is 4.57 Å². The zero-order valence-corrected chi connectivity index (χ0v) is 19.7. The molecule has 2 aromatic carbocycles. The summed E-state index contributed by atoms with van der Waals surface area (Å²) < 4.78 is 2.65. The van der Waals surface area contributed by atoms with E-state index in [9.17, 15) is 0 Å². The lowest BCUT2D eigenvalue weighted by atomic mass is 9.82. The largest absolute Gasteiger partial charge is 0.312 e. The van der Waals surface area contributed by atoms with Crippen LogP contribution in [0, 0.1) is 11.8 Å². The van der Waals surface area contributed by atoms with E-state index in [0.717, 1.165) is 12.8 Å². The van der Waals surface area contributed by atoms with Gasteiger partial charge in [0.1, 0.15) is 0 Å². The van der Waals surface area contributed by atoms with Gasteiger partial charge in [0.25, 0.3) is 0 Å². The van der Waals surface area contributed by atoms with Gasteiger partial charge in [0.05, 0.1) is 5.52 Å². The van der Waals surface area contributed by atoms with E-state index in [4.69, 9.17) is 0 Å². The Labute approximate surface area is 204 Å². The molecule has 0 radical (unpaired) electrons. The molecule has 1 nitrogen and oxygen atoms in total. The first kappa shape index (κ1) is 19.1. The van der Waals surface area contributed by atoms with Crippen molar-refractivity contribution in [3.8, 4) is 0 Å². The molecule has 164 valence electrons. The smallest absolute Gasteiger partial charge is 0.0680 e. The van der Waals surface area contributed by atoms with Crippen molar-refractivity contribution in [2.75, 3.05) is 0 Å². The minimum absolute atomic E-state index is 0.376. The zero-order chi connectivity index (χ0) is 22.2. The fourth-order valence-corrected chi connectivity index (χ4v) is 8.21. The van der Waals surface area contributed by atoms with Crippen LogP contribution in [0.25, 0.3) is 33.4 Å². The number of allylic oxidation sites excluding steroid dienone is 12. The molecule has 0 saturated carbocycles. The highest BCUT2D eigenvalue weighted by atomic mass is 32.2. The molecule has 5 aliphatic rings. The van der Waals surface area contributed by atoms with E-state index in [1.807, 2.05) is 0 Å². The summed E-state index contributed by atoms with van der Waals surface area (Å²) in [6.07, 6.45) is 32.4. The Morgan fingerprint density at radius 1 is 0.824 bits per heavy atom. The predicted molar refractivity (Wildman–Crippen MR) is 146 cm³/mol. The minimum Gasteiger partial charge on any atom is -0.312 e. The van der Waals surface area contributed by atoms with Crippen molar-refractivity contribution in [1.29, 1.82) is 0 Å². The average Bonchev–Trinajstić information content (AvgIpc) is 3.45. The SMILES string of the molecule is C1=CC2C=CC=C(n3c4c(c5c6ccccc6c6c(c53)SC3C=CC=CC63)CCC=C4)C2C=C1. The third kappa shape index (κ3) is 2.47. The molecule has 8 rings (SSSR count). The van der Waals surface area contributed by atoms with Gasteiger partial charge in [0.15, 0.2) is 0 Å². The molecule has 34 heavy (non-hydrogen) atoms. The molecule has 3 aromatic rings. The van der Waals surface area contributed by atoms with Gasteiger partial charge in [-0.2, -0.15) is 0 Å². The van der Waals surface area contributed by atoms with Gasteiger partial charge in [-0.25, -0.2) is 0 Å². The highest BCUT2D eigenvalue weighted by Crippen LogP contribution is 2.56. The highest BCUT2D eigenvalue weighted by molar-refractivity contribution is 8.00. The monoisotopic (exact) mass is 455 g/mol. The molecule has 0 fully saturated rings. The summed E-state index contributed by atoms with van der Waals surface area (Å²) in [5, 5.41) is 4.83. The molecule has 0 amide bonds. The zero-order valence-electron chi connectivity index (χ0n) is 18.9. The number of nitrogens with zero attached hydrogens (tertiary/aromatic N) is 1. The van der Waals surface area contributed by atoms with Gasteiger partial charge in [-0.1, -0.05) is 91.1 Å². The number of fused-ring (bicyclic) bond motifs is 11. The Bertz CT molecular complexity index is 1600. The van der Waals surface area contributed by atoms with Crippen LogP contribution in [0.4, 0.5) is 0 Å². The van der Waals surface area contributed by atoms with Crippen LogP contribution in [-0.4, -0.2) is 9.82 Å². The highest BCUT2D eigenvalue weighted by Gasteiger charge is 2.38. The van der Waals surface area contributed by atoms with Crippen LogP contribution in [0.2, 0.25) is 0 Å². The van der Waals surface area contributed by atoms with E-state index in [-0.39, 0.29) is 0 Å². The number of aryl methyl sites for hydroxylation is 1. The van der Waals surface area contributed by atoms with Crippen molar-refractivity contribution in [2.45, 2.75) is 28.9 Å². The van der Waals surface area contributed by atoms with Gasteiger partial charge >= 0.3 is 0 Å². The van der Waals surface area contributed by atoms with Gasteiger partial charge in [-0.05, 0) is 46.9 Å². The van der Waals surface area contributed by atoms with Crippen molar-refractivity contribution < 1.29 is 0 Å². The van der Waals surface area contributed by atoms with Gasteiger partial charge in [-0.3, -0.25) is 0 Å². The van der Waals surface area contributed by atoms with E-state index in [2.05, 4.69) is 120 Å². The maximum Gasteiger partial charge on any atom is 0.0680 e. The fourth-order valence-electron chi connectivity index (χ4n) is 6.72. The first-order valence-corrected chi connectivity index (χ1v) is 13.3. The quantitative estimate of drug-likeness (QED) is 0.358. The van der Waals surface area contributed by atoms with Gasteiger partial charge in [0, 0.05) is 44.7 Å². The average molecular weight is 456 g/mol. The second kappa shape index (κ2) is 7.13. The summed E-state index contributed by atoms with van der Waals surface area (Å²) in [4.78, 5) is 1.49. The maximum atomic E-state index is 2.65. The van der Waals surface area contributed by atoms with E-state index in [1.165, 1.54) is 49.1 Å². The van der Waals surface area contributed by atoms with E-state index in [0.29, 0.717) is 23.0 Å². The summed E-state index contributed by atoms with van der Waals surface area (Å²) in [7, 11) is 0. The number of rotatable bonds is 1. The van der Waals surface area contributed by atoms with Crippen molar-refractivity contribution in [3.05, 3.63) is 114 Å². The Morgan fingerprint density at radius 3 is 2.56 bits per heavy atom. The summed E-state index contributed by atoms with van der Waals surface area (Å²) >= 11 is 2.08. The van der Waals surface area contributed by atoms with Crippen molar-refractivity contribution in [2.24, 2.45) is 11.8 Å². The molecule has 1 aromatic heterocycles. The topological polar surface area (TPSA) is 4.93 Å². The molecule has 2 heterocycles. The van der Waals surface area contributed by atoms with Crippen LogP contribution >= 0.6 is 11.8 Å². The number of hydrogen-bond acceptors (Lipinski definition) is 1. The molecule has 0 spiro atoms. The molecule has 0 N–H and O–H groups in total. The molecule has 4 aliphatic carbocycles. The van der Waals surface area contributed by atoms with Crippen molar-refractivity contribution >= 4 is 45.2 Å². The molecule has 4 unspecified atom stereocenters. The third-order valence-electron chi connectivity index (χ3n) is 8.14. The van der Waals surface area contributed by atoms with Crippen LogP contribution < -0.4 is 0 Å². The third-order valence-corrected chi connectivity index (χ3v) is 9.52. The van der Waals surface area contributed by atoms with Crippen LogP contribution in [-0.2, 0) is 6.42 Å². The van der Waals surface area contributed by atoms with Crippen LogP contribution in [0.5, 0.6) is 0 Å². The van der Waals surface area contributed by atoms with Gasteiger partial charge < -0.3 is 4.57 Å². The summed E-state index contributed by atoms with van der Waals surface area (Å²) in [5.74, 6) is 1.25. The van der Waals surface area contributed by atoms with E-state index in [1.54, 1.807) is 0 Å². The van der Waals surface area contributed by atoms with Crippen LogP contribution in [0.3, 0.4) is 0 Å². The lowest BCUT2D eigenvalue weighted by molar-refractivity contribution is 0.650. The molecule has 1 aliphatic heterocycles. The Hall–Kier alpha value is -3.23. The molecule has 2 heteroatoms. The van der Waals surface area contributed by atoms with Gasteiger partial charge in [-0.15, -0.1) is 11.8 Å². The van der Waals surface area contributed by atoms with E-state index < -0.39 is 0 Å².